The predicted molar refractivity (Wildman–Crippen MR) is 58.2 cm³/mol. The Hall–Kier alpha value is 0.500. The molecular weight excluding hydrogens is 195 g/mol. The van der Waals surface area contributed by atoms with Crippen molar-refractivity contribution in [2.45, 2.75) is 45.1 Å². The first-order chi connectivity index (χ1) is 4.93. The number of nitrogens with one attached hydrogen (secondary N) is 2. The molecule has 0 radical (unpaired) electrons. The third-order valence-corrected chi connectivity index (χ3v) is 2.09. The molecule has 76 valence electrons. The number of hydrogen-bond acceptors (Lipinski definition) is 2. The third kappa shape index (κ3) is 6.06. The van der Waals surface area contributed by atoms with Crippen molar-refractivity contribution in [2.24, 2.45) is 0 Å². The molecule has 0 aromatic carbocycles. The molecule has 0 bridgehead atoms. The summed E-state index contributed by atoms with van der Waals surface area (Å²) in [6, 6.07) is 0.744. The van der Waals surface area contributed by atoms with Crippen LogP contribution in [0.2, 0.25) is 0 Å². The highest BCUT2D eigenvalue weighted by molar-refractivity contribution is 5.85. The van der Waals surface area contributed by atoms with Gasteiger partial charge in [0.15, 0.2) is 0 Å². The minimum Gasteiger partial charge on any atom is -0.258 e. The highest BCUT2D eigenvalue weighted by atomic mass is 35.5. The monoisotopic (exact) mass is 214 g/mol. The standard InChI is InChI=1S/C8H18N2.2ClH/c1-2-9-10-8-6-4-3-5-7-8;;/h8-10H,2-7H2,1H3;2*1H. The lowest BCUT2D eigenvalue weighted by Gasteiger charge is -2.22. The molecule has 0 saturated heterocycles. The van der Waals surface area contributed by atoms with Crippen molar-refractivity contribution in [2.75, 3.05) is 6.54 Å². The van der Waals surface area contributed by atoms with Crippen LogP contribution in [0, 0.1) is 0 Å². The van der Waals surface area contributed by atoms with Gasteiger partial charge in [-0.25, -0.2) is 0 Å². The fourth-order valence-corrected chi connectivity index (χ4v) is 1.49. The molecule has 0 atom stereocenters. The molecule has 0 aromatic heterocycles. The molecule has 0 amide bonds. The molecule has 0 aliphatic heterocycles. The van der Waals surface area contributed by atoms with E-state index < -0.39 is 0 Å². The van der Waals surface area contributed by atoms with Crippen molar-refractivity contribution in [1.29, 1.82) is 0 Å². The minimum atomic E-state index is 0. The second-order valence-corrected chi connectivity index (χ2v) is 3.01. The first-order valence-corrected chi connectivity index (χ1v) is 4.42. The number of hydrazine groups is 1. The van der Waals surface area contributed by atoms with Gasteiger partial charge in [-0.15, -0.1) is 24.8 Å². The zero-order valence-corrected chi connectivity index (χ0v) is 9.27. The molecule has 2 N–H and O–H groups in total. The van der Waals surface area contributed by atoms with E-state index in [0.717, 1.165) is 12.6 Å². The fourth-order valence-electron chi connectivity index (χ4n) is 1.49. The Balaban J connectivity index is 0. The maximum atomic E-state index is 3.32. The van der Waals surface area contributed by atoms with Gasteiger partial charge in [-0.2, -0.15) is 0 Å². The molecule has 0 unspecified atom stereocenters. The average molecular weight is 215 g/mol. The van der Waals surface area contributed by atoms with Crippen LogP contribution in [0.4, 0.5) is 0 Å². The zero-order chi connectivity index (χ0) is 7.23. The summed E-state index contributed by atoms with van der Waals surface area (Å²) in [4.78, 5) is 0. The lowest BCUT2D eigenvalue weighted by atomic mass is 9.96. The highest BCUT2D eigenvalue weighted by Crippen LogP contribution is 2.16. The van der Waals surface area contributed by atoms with Crippen LogP contribution >= 0.6 is 24.8 Å². The summed E-state index contributed by atoms with van der Waals surface area (Å²) in [5, 5.41) is 0. The first-order valence-electron chi connectivity index (χ1n) is 4.42. The number of rotatable bonds is 3. The third-order valence-electron chi connectivity index (χ3n) is 2.09. The second kappa shape index (κ2) is 9.59. The molecule has 0 spiro atoms. The van der Waals surface area contributed by atoms with Gasteiger partial charge in [0.1, 0.15) is 0 Å². The van der Waals surface area contributed by atoms with Crippen molar-refractivity contribution < 1.29 is 0 Å². The Morgan fingerprint density at radius 1 is 1.08 bits per heavy atom. The van der Waals surface area contributed by atoms with E-state index >= 15 is 0 Å². The summed E-state index contributed by atoms with van der Waals surface area (Å²) in [6.45, 7) is 3.15. The van der Waals surface area contributed by atoms with Gasteiger partial charge < -0.3 is 0 Å². The molecule has 4 heteroatoms. The predicted octanol–water partition coefficient (Wildman–Crippen LogP) is 2.28. The Kier molecular flexibility index (Phi) is 12.0. The molecule has 0 heterocycles. The Labute approximate surface area is 87.7 Å². The van der Waals surface area contributed by atoms with Gasteiger partial charge in [-0.05, 0) is 12.8 Å². The quantitative estimate of drug-likeness (QED) is 0.706. The lowest BCUT2D eigenvalue weighted by Crippen LogP contribution is -2.41. The van der Waals surface area contributed by atoms with E-state index in [4.69, 9.17) is 0 Å². The molecule has 1 aliphatic carbocycles. The Morgan fingerprint density at radius 2 is 1.67 bits per heavy atom. The number of hydrogen-bond donors (Lipinski definition) is 2. The second-order valence-electron chi connectivity index (χ2n) is 3.01. The largest absolute Gasteiger partial charge is 0.258 e. The fraction of sp³-hybridized carbons (Fsp3) is 1.00. The Bertz CT molecular complexity index is 85.1. The SMILES string of the molecule is CCNNC1CCCCC1.Cl.Cl. The molecular formula is C8H20Cl2N2. The summed E-state index contributed by atoms with van der Waals surface area (Å²) in [5.74, 6) is 0. The van der Waals surface area contributed by atoms with Crippen molar-refractivity contribution in [1.82, 2.24) is 10.9 Å². The topological polar surface area (TPSA) is 24.1 Å². The van der Waals surface area contributed by atoms with Crippen LogP contribution in [0.25, 0.3) is 0 Å². The smallest absolute Gasteiger partial charge is 0.0212 e. The van der Waals surface area contributed by atoms with Crippen molar-refractivity contribution >= 4 is 24.8 Å². The summed E-state index contributed by atoms with van der Waals surface area (Å²) >= 11 is 0. The highest BCUT2D eigenvalue weighted by Gasteiger charge is 2.10. The van der Waals surface area contributed by atoms with E-state index in [9.17, 15) is 0 Å². The average Bonchev–Trinajstić information content (AvgIpc) is 2.03. The van der Waals surface area contributed by atoms with Gasteiger partial charge in [0.2, 0.25) is 0 Å². The van der Waals surface area contributed by atoms with Crippen LogP contribution in [0.5, 0.6) is 0 Å². The molecule has 1 fully saturated rings. The summed E-state index contributed by atoms with van der Waals surface area (Å²) < 4.78 is 0. The van der Waals surface area contributed by atoms with Crippen LogP contribution < -0.4 is 10.9 Å². The van der Waals surface area contributed by atoms with Gasteiger partial charge in [0.25, 0.3) is 0 Å². The molecule has 1 saturated carbocycles. The summed E-state index contributed by atoms with van der Waals surface area (Å²) in [5.41, 5.74) is 6.49. The minimum absolute atomic E-state index is 0. The lowest BCUT2D eigenvalue weighted by molar-refractivity contribution is 0.338. The first kappa shape index (κ1) is 15.0. The normalized spacial score (nSPS) is 17.8. The van der Waals surface area contributed by atoms with E-state index in [1.807, 2.05) is 0 Å². The van der Waals surface area contributed by atoms with Crippen LogP contribution in [0.15, 0.2) is 0 Å². The molecule has 1 aliphatic rings. The van der Waals surface area contributed by atoms with Crippen LogP contribution in [-0.2, 0) is 0 Å². The summed E-state index contributed by atoms with van der Waals surface area (Å²) in [6.07, 6.45) is 6.95. The molecule has 0 aromatic rings. The van der Waals surface area contributed by atoms with Crippen LogP contribution in [0.1, 0.15) is 39.0 Å². The molecule has 1 rings (SSSR count). The van der Waals surface area contributed by atoms with E-state index in [2.05, 4.69) is 17.8 Å². The Morgan fingerprint density at radius 3 is 2.17 bits per heavy atom. The summed E-state index contributed by atoms with van der Waals surface area (Å²) in [7, 11) is 0. The van der Waals surface area contributed by atoms with Crippen LogP contribution in [-0.4, -0.2) is 12.6 Å². The van der Waals surface area contributed by atoms with Gasteiger partial charge in [-0.3, -0.25) is 10.9 Å². The molecule has 2 nitrogen and oxygen atoms in total. The van der Waals surface area contributed by atoms with Gasteiger partial charge >= 0.3 is 0 Å². The van der Waals surface area contributed by atoms with Gasteiger partial charge in [-0.1, -0.05) is 26.2 Å². The van der Waals surface area contributed by atoms with Crippen molar-refractivity contribution in [3.8, 4) is 0 Å². The van der Waals surface area contributed by atoms with Gasteiger partial charge in [0, 0.05) is 12.6 Å². The zero-order valence-electron chi connectivity index (χ0n) is 7.64. The maximum absolute atomic E-state index is 3.32. The number of halogens is 2. The van der Waals surface area contributed by atoms with Crippen molar-refractivity contribution in [3.05, 3.63) is 0 Å². The van der Waals surface area contributed by atoms with Crippen molar-refractivity contribution in [3.63, 3.8) is 0 Å². The van der Waals surface area contributed by atoms with E-state index in [1.165, 1.54) is 32.1 Å². The molecule has 12 heavy (non-hydrogen) atoms. The van der Waals surface area contributed by atoms with Crippen LogP contribution in [0.3, 0.4) is 0 Å². The van der Waals surface area contributed by atoms with E-state index in [1.54, 1.807) is 0 Å². The maximum Gasteiger partial charge on any atom is 0.0212 e. The van der Waals surface area contributed by atoms with E-state index in [-0.39, 0.29) is 24.8 Å². The van der Waals surface area contributed by atoms with Gasteiger partial charge in [0.05, 0.1) is 0 Å². The van der Waals surface area contributed by atoms with E-state index in [0.29, 0.717) is 0 Å².